The van der Waals surface area contributed by atoms with Gasteiger partial charge in [0.2, 0.25) is 17.7 Å². The molecule has 17 heteroatoms. The molecule has 0 radical (unpaired) electrons. The highest BCUT2D eigenvalue weighted by molar-refractivity contribution is 6.05. The van der Waals surface area contributed by atoms with Gasteiger partial charge < -0.3 is 29.7 Å². The first kappa shape index (κ1) is 43.0. The van der Waals surface area contributed by atoms with Crippen molar-refractivity contribution in [3.05, 3.63) is 89.7 Å². The number of hydrogen-bond donors (Lipinski definition) is 3. The van der Waals surface area contributed by atoms with Crippen molar-refractivity contribution in [3.63, 3.8) is 0 Å². The number of hydrogen-bond acceptors (Lipinski definition) is 14. The van der Waals surface area contributed by atoms with Crippen molar-refractivity contribution in [2.24, 2.45) is 5.92 Å². The fourth-order valence-electron chi connectivity index (χ4n) is 8.43. The lowest BCUT2D eigenvalue weighted by atomic mass is 9.95. The summed E-state index contributed by atoms with van der Waals surface area (Å²) >= 11 is 0. The summed E-state index contributed by atoms with van der Waals surface area (Å²) in [6, 6.07) is 19.3. The van der Waals surface area contributed by atoms with Gasteiger partial charge in [0.1, 0.15) is 11.5 Å². The maximum atomic E-state index is 12.9. The van der Waals surface area contributed by atoms with Gasteiger partial charge in [-0.05, 0) is 92.3 Å². The average molecular weight is 857 g/mol. The first-order valence-electron chi connectivity index (χ1n) is 21.7. The van der Waals surface area contributed by atoms with Crippen LogP contribution in [-0.4, -0.2) is 107 Å². The number of imide groups is 1. The zero-order chi connectivity index (χ0) is 44.3. The highest BCUT2D eigenvalue weighted by Crippen LogP contribution is 2.32. The second kappa shape index (κ2) is 18.4. The van der Waals surface area contributed by atoms with Crippen molar-refractivity contribution in [1.82, 2.24) is 40.6 Å². The number of carbonyl (C=O) groups is 3. The van der Waals surface area contributed by atoms with Gasteiger partial charge in [-0.2, -0.15) is 9.97 Å². The van der Waals surface area contributed by atoms with E-state index < -0.39 is 5.91 Å². The van der Waals surface area contributed by atoms with Gasteiger partial charge in [0, 0.05) is 87.3 Å². The molecule has 0 spiro atoms. The second-order valence-corrected chi connectivity index (χ2v) is 17.5. The molecule has 63 heavy (non-hydrogen) atoms. The number of rotatable bonds is 12. The number of carbonyl (C=O) groups excluding carboxylic acids is 3. The minimum Gasteiger partial charge on any atom is -0.479 e. The standard InChI is InChI=1S/C46H56N12O5/c1-29-27-32(7-12-35(29)30(2)48-40(60)42-53-43(54-63-42)46(3,4)5)36-15-19-47-44(49-36)51-38-14-13-37(41(50-38)62-6)57-25-23-55(24-26-57)28-31-16-20-56(21-17-31)33-8-10-34(11-9-33)58-22-18-39(59)52-45(58)61/h7-15,19,27,30-31H,16-18,20-26,28H2,1-6H3,(H,48,60)(H,52,59,61)(H,47,49,50,51)/t30-/m1/s1. The summed E-state index contributed by atoms with van der Waals surface area (Å²) in [4.78, 5) is 64.0. The molecule has 3 fully saturated rings. The number of methoxy groups -OCH3 is 1. The Bertz CT molecular complexity index is 2430. The number of nitrogens with one attached hydrogen (secondary N) is 3. The van der Waals surface area contributed by atoms with Gasteiger partial charge in [-0.1, -0.05) is 38.1 Å². The first-order valence-corrected chi connectivity index (χ1v) is 21.7. The van der Waals surface area contributed by atoms with Crippen LogP contribution in [0.5, 0.6) is 5.88 Å². The van der Waals surface area contributed by atoms with Crippen LogP contribution < -0.4 is 35.4 Å². The van der Waals surface area contributed by atoms with E-state index in [0.29, 0.717) is 42.4 Å². The van der Waals surface area contributed by atoms with Gasteiger partial charge >= 0.3 is 17.8 Å². The molecule has 8 rings (SSSR count). The first-order chi connectivity index (χ1) is 30.3. The van der Waals surface area contributed by atoms with Crippen molar-refractivity contribution < 1.29 is 23.6 Å². The number of benzene rings is 2. The molecule has 0 unspecified atom stereocenters. The number of urea groups is 1. The molecule has 3 aliphatic heterocycles. The van der Waals surface area contributed by atoms with Crippen molar-refractivity contribution in [2.45, 2.75) is 65.3 Å². The van der Waals surface area contributed by atoms with Gasteiger partial charge in [-0.15, -0.1) is 0 Å². The lowest BCUT2D eigenvalue weighted by molar-refractivity contribution is -0.120. The Morgan fingerprint density at radius 3 is 2.33 bits per heavy atom. The molecule has 330 valence electrons. The van der Waals surface area contributed by atoms with Crippen LogP contribution in [-0.2, 0) is 10.2 Å². The van der Waals surface area contributed by atoms with Crippen molar-refractivity contribution in [2.75, 3.05) is 79.5 Å². The Morgan fingerprint density at radius 2 is 1.65 bits per heavy atom. The Labute approximate surface area is 367 Å². The van der Waals surface area contributed by atoms with Gasteiger partial charge in [0.25, 0.3) is 0 Å². The molecule has 3 N–H and O–H groups in total. The number of anilines is 5. The minimum absolute atomic E-state index is 0.0580. The van der Waals surface area contributed by atoms with Crippen LogP contribution in [0.4, 0.5) is 33.6 Å². The molecule has 3 saturated heterocycles. The molecule has 17 nitrogen and oxygen atoms in total. The van der Waals surface area contributed by atoms with Crippen LogP contribution in [0.2, 0.25) is 0 Å². The smallest absolute Gasteiger partial charge is 0.328 e. The third-order valence-electron chi connectivity index (χ3n) is 12.0. The minimum atomic E-state index is -0.420. The zero-order valence-electron chi connectivity index (χ0n) is 36.8. The van der Waals surface area contributed by atoms with E-state index in [-0.39, 0.29) is 29.3 Å². The summed E-state index contributed by atoms with van der Waals surface area (Å²) in [5.41, 5.74) is 6.19. The van der Waals surface area contributed by atoms with Crippen LogP contribution >= 0.6 is 0 Å². The molecular weight excluding hydrogens is 801 g/mol. The zero-order valence-corrected chi connectivity index (χ0v) is 36.8. The van der Waals surface area contributed by atoms with E-state index in [4.69, 9.17) is 19.2 Å². The largest absolute Gasteiger partial charge is 0.479 e. The molecule has 0 saturated carbocycles. The van der Waals surface area contributed by atoms with E-state index in [2.05, 4.69) is 57.9 Å². The number of piperazine rings is 1. The van der Waals surface area contributed by atoms with Gasteiger partial charge in [-0.3, -0.25) is 24.7 Å². The molecule has 3 aromatic heterocycles. The number of aromatic nitrogens is 5. The number of pyridine rings is 1. The number of nitrogens with zero attached hydrogens (tertiary/aromatic N) is 9. The number of ether oxygens (including phenoxy) is 1. The normalized spacial score (nSPS) is 17.1. The lowest BCUT2D eigenvalue weighted by Crippen LogP contribution is -2.49. The highest BCUT2D eigenvalue weighted by atomic mass is 16.5. The Kier molecular flexibility index (Phi) is 12.6. The predicted molar refractivity (Wildman–Crippen MR) is 241 cm³/mol. The van der Waals surface area contributed by atoms with E-state index in [1.165, 1.54) is 0 Å². The second-order valence-electron chi connectivity index (χ2n) is 17.5. The molecule has 3 aliphatic rings. The summed E-state index contributed by atoms with van der Waals surface area (Å²) in [5, 5.41) is 12.6. The van der Waals surface area contributed by atoms with Gasteiger partial charge in [-0.25, -0.2) is 14.8 Å². The number of piperidine rings is 1. The highest BCUT2D eigenvalue weighted by Gasteiger charge is 2.28. The van der Waals surface area contributed by atoms with Crippen LogP contribution in [0.15, 0.2) is 71.4 Å². The van der Waals surface area contributed by atoms with E-state index in [9.17, 15) is 14.4 Å². The molecule has 5 aromatic rings. The van der Waals surface area contributed by atoms with Crippen molar-refractivity contribution in [1.29, 1.82) is 0 Å². The summed E-state index contributed by atoms with van der Waals surface area (Å²) in [7, 11) is 1.65. The molecule has 0 aliphatic carbocycles. The fraction of sp³-hybridized carbons (Fsp3) is 0.435. The summed E-state index contributed by atoms with van der Waals surface area (Å²) < 4.78 is 11.0. The van der Waals surface area contributed by atoms with Crippen molar-refractivity contribution in [3.8, 4) is 17.1 Å². The van der Waals surface area contributed by atoms with Crippen LogP contribution in [0, 0.1) is 12.8 Å². The van der Waals surface area contributed by atoms with E-state index in [0.717, 1.165) is 98.1 Å². The lowest BCUT2D eigenvalue weighted by Gasteiger charge is -2.40. The number of amides is 4. The SMILES string of the molecule is COc1nc(Nc2nccc(-c3ccc([C@@H](C)NC(=O)c4nc(C(C)(C)C)no4)c(C)c3)n2)ccc1N1CCN(CC2CCN(c3ccc(N4CCC(=O)NC4=O)cc3)CC2)CC1. The molecule has 1 atom stereocenters. The predicted octanol–water partition coefficient (Wildman–Crippen LogP) is 6.26. The molecule has 6 heterocycles. The molecule has 4 amide bonds. The maximum Gasteiger partial charge on any atom is 0.328 e. The number of aryl methyl sites for hydroxylation is 1. The Hall–Kier alpha value is -6.62. The third kappa shape index (κ3) is 10.0. The van der Waals surface area contributed by atoms with Crippen LogP contribution in [0.3, 0.4) is 0 Å². The van der Waals surface area contributed by atoms with E-state index in [1.807, 2.05) is 83.1 Å². The topological polar surface area (TPSA) is 187 Å². The molecule has 0 bridgehead atoms. The van der Waals surface area contributed by atoms with Gasteiger partial charge in [0.05, 0.1) is 18.8 Å². The maximum absolute atomic E-state index is 12.9. The summed E-state index contributed by atoms with van der Waals surface area (Å²) in [6.45, 7) is 17.0. The van der Waals surface area contributed by atoms with E-state index >= 15 is 0 Å². The molecule has 2 aromatic carbocycles. The summed E-state index contributed by atoms with van der Waals surface area (Å²) in [6.07, 6.45) is 4.29. The van der Waals surface area contributed by atoms with Crippen LogP contribution in [0.1, 0.15) is 80.6 Å². The van der Waals surface area contributed by atoms with Crippen molar-refractivity contribution >= 4 is 46.7 Å². The fourth-order valence-corrected chi connectivity index (χ4v) is 8.43. The average Bonchev–Trinajstić information content (AvgIpc) is 3.80. The van der Waals surface area contributed by atoms with Crippen LogP contribution in [0.25, 0.3) is 11.3 Å². The Balaban J connectivity index is 0.812. The Morgan fingerprint density at radius 1 is 0.905 bits per heavy atom. The van der Waals surface area contributed by atoms with E-state index in [1.54, 1.807) is 18.2 Å². The molecular formula is C46H56N12O5. The quantitative estimate of drug-likeness (QED) is 0.128. The van der Waals surface area contributed by atoms with Gasteiger partial charge in [0.15, 0.2) is 5.82 Å². The summed E-state index contributed by atoms with van der Waals surface area (Å²) in [5.74, 6) is 1.94. The monoisotopic (exact) mass is 856 g/mol. The third-order valence-corrected chi connectivity index (χ3v) is 12.0.